The number of carbonyl (C=O) groups excluding carboxylic acids is 1. The molecule has 31 heavy (non-hydrogen) atoms. The van der Waals surface area contributed by atoms with E-state index in [1.807, 2.05) is 0 Å². The van der Waals surface area contributed by atoms with Crippen molar-refractivity contribution in [3.05, 3.63) is 71.3 Å². The molecule has 4 rings (SSSR count). The minimum atomic E-state index is -0.366. The third kappa shape index (κ3) is 4.77. The molecule has 1 aliphatic rings. The van der Waals surface area contributed by atoms with Crippen molar-refractivity contribution in [3.8, 4) is 0 Å². The number of nitrogens with zero attached hydrogens (tertiary/aromatic N) is 4. The minimum Gasteiger partial charge on any atom is -0.393 e. The van der Waals surface area contributed by atoms with E-state index >= 15 is 0 Å². The first-order valence-electron chi connectivity index (χ1n) is 9.69. The van der Waals surface area contributed by atoms with Crippen LogP contribution in [-0.2, 0) is 0 Å². The predicted molar refractivity (Wildman–Crippen MR) is 120 cm³/mol. The summed E-state index contributed by atoms with van der Waals surface area (Å²) < 4.78 is 13.2. The first-order chi connectivity index (χ1) is 15.0. The van der Waals surface area contributed by atoms with Gasteiger partial charge in [-0.25, -0.2) is 14.4 Å². The van der Waals surface area contributed by atoms with Crippen LogP contribution in [0.2, 0.25) is 5.02 Å². The molecule has 0 atom stereocenters. The number of aromatic nitrogens is 2. The maximum absolute atomic E-state index is 13.2. The molecular weight excluding hydrogens is 421 g/mol. The van der Waals surface area contributed by atoms with Crippen molar-refractivity contribution >= 4 is 40.5 Å². The monoisotopic (exact) mass is 441 g/mol. The number of anilines is 4. The maximum atomic E-state index is 13.2. The van der Waals surface area contributed by atoms with Gasteiger partial charge in [0.25, 0.3) is 5.91 Å². The maximum Gasteiger partial charge on any atom is 0.269 e. The molecule has 1 aromatic heterocycles. The summed E-state index contributed by atoms with van der Waals surface area (Å²) in [6.07, 6.45) is 1.39. The molecule has 0 aliphatic carbocycles. The number of hydrogen-bond donors (Lipinski definition) is 3. The molecule has 160 valence electrons. The zero-order valence-corrected chi connectivity index (χ0v) is 17.3. The normalized spacial score (nSPS) is 13.7. The zero-order chi connectivity index (χ0) is 21.8. The van der Waals surface area contributed by atoms with Crippen molar-refractivity contribution in [1.82, 2.24) is 15.4 Å². The van der Waals surface area contributed by atoms with E-state index in [0.717, 1.165) is 18.8 Å². The fraction of sp³-hybridized carbons (Fsp3) is 0.190. The number of rotatable bonds is 5. The number of nitrogen functional groups attached to an aromatic ring is 1. The summed E-state index contributed by atoms with van der Waals surface area (Å²) in [4.78, 5) is 25.0. The molecular formula is C21H21ClFN7O. The summed E-state index contributed by atoms with van der Waals surface area (Å²) in [5, 5.41) is 0.469. The molecule has 1 fully saturated rings. The lowest BCUT2D eigenvalue weighted by atomic mass is 10.2. The van der Waals surface area contributed by atoms with E-state index < -0.39 is 0 Å². The second kappa shape index (κ2) is 9.05. The van der Waals surface area contributed by atoms with Crippen molar-refractivity contribution in [2.45, 2.75) is 0 Å². The number of hydrazine groups is 1. The molecule has 2 heterocycles. The van der Waals surface area contributed by atoms with E-state index in [4.69, 9.17) is 17.3 Å². The second-order valence-corrected chi connectivity index (χ2v) is 7.44. The number of benzene rings is 2. The highest BCUT2D eigenvalue weighted by Crippen LogP contribution is 2.27. The first-order valence-corrected chi connectivity index (χ1v) is 10.1. The van der Waals surface area contributed by atoms with Gasteiger partial charge < -0.3 is 15.5 Å². The molecule has 2 aromatic carbocycles. The Kier molecular flexibility index (Phi) is 6.03. The topological polar surface area (TPSA) is 99.4 Å². The van der Waals surface area contributed by atoms with Gasteiger partial charge >= 0.3 is 0 Å². The van der Waals surface area contributed by atoms with E-state index in [1.54, 1.807) is 36.4 Å². The molecule has 1 saturated heterocycles. The van der Waals surface area contributed by atoms with Gasteiger partial charge in [-0.3, -0.25) is 15.6 Å². The highest BCUT2D eigenvalue weighted by atomic mass is 35.5. The van der Waals surface area contributed by atoms with Gasteiger partial charge in [-0.2, -0.15) is 0 Å². The Morgan fingerprint density at radius 2 is 1.74 bits per heavy atom. The zero-order valence-electron chi connectivity index (χ0n) is 16.6. The van der Waals surface area contributed by atoms with E-state index in [0.29, 0.717) is 41.0 Å². The Balaban J connectivity index is 1.40. The number of nitrogens with two attached hydrogens (primary N) is 1. The van der Waals surface area contributed by atoms with Crippen molar-refractivity contribution in [2.24, 2.45) is 0 Å². The lowest BCUT2D eigenvalue weighted by Gasteiger charge is -2.37. The summed E-state index contributed by atoms with van der Waals surface area (Å²) in [7, 11) is 0. The Morgan fingerprint density at radius 3 is 2.45 bits per heavy atom. The molecule has 4 N–H and O–H groups in total. The van der Waals surface area contributed by atoms with Crippen LogP contribution in [0.5, 0.6) is 0 Å². The number of piperazine rings is 1. The van der Waals surface area contributed by atoms with Crippen LogP contribution in [-0.4, -0.2) is 42.1 Å². The highest BCUT2D eigenvalue weighted by molar-refractivity contribution is 6.30. The molecule has 0 saturated carbocycles. The van der Waals surface area contributed by atoms with Crippen LogP contribution < -0.4 is 26.4 Å². The molecule has 0 spiro atoms. The fourth-order valence-electron chi connectivity index (χ4n) is 3.38. The standard InChI is InChI=1S/C21H21ClFN7O/c22-15-3-1-2-14(12-15)21(31)28-27-19-18(24)20(26-13-25-19)30-10-8-29(9-11-30)17-6-4-16(23)5-7-17/h1-7,12-13H,8-11,24H2,(H,28,31)(H,25,26,27). The summed E-state index contributed by atoms with van der Waals surface area (Å²) in [6.45, 7) is 2.85. The Morgan fingerprint density at radius 1 is 1.03 bits per heavy atom. The number of amides is 1. The van der Waals surface area contributed by atoms with Gasteiger partial charge in [0.1, 0.15) is 17.8 Å². The lowest BCUT2D eigenvalue weighted by Crippen LogP contribution is -2.47. The number of carbonyl (C=O) groups is 1. The SMILES string of the molecule is Nc1c(NNC(=O)c2cccc(Cl)c2)ncnc1N1CCN(c2ccc(F)cc2)CC1. The smallest absolute Gasteiger partial charge is 0.269 e. The molecule has 10 heteroatoms. The minimum absolute atomic E-state index is 0.251. The van der Waals surface area contributed by atoms with Crippen LogP contribution in [0.3, 0.4) is 0 Å². The lowest BCUT2D eigenvalue weighted by molar-refractivity contribution is 0.0962. The fourth-order valence-corrected chi connectivity index (χ4v) is 3.57. The quantitative estimate of drug-likeness (QED) is 0.523. The summed E-state index contributed by atoms with van der Waals surface area (Å²) in [6, 6.07) is 13.1. The van der Waals surface area contributed by atoms with E-state index in [1.165, 1.54) is 18.5 Å². The summed E-state index contributed by atoms with van der Waals surface area (Å²) in [5.41, 5.74) is 13.3. The van der Waals surface area contributed by atoms with Gasteiger partial charge in [0, 0.05) is 42.5 Å². The van der Waals surface area contributed by atoms with Crippen LogP contribution in [0, 0.1) is 5.82 Å². The van der Waals surface area contributed by atoms with Gasteiger partial charge in [-0.1, -0.05) is 17.7 Å². The molecule has 3 aromatic rings. The van der Waals surface area contributed by atoms with Gasteiger partial charge in [0.2, 0.25) is 0 Å². The molecule has 1 amide bonds. The molecule has 1 aliphatic heterocycles. The van der Waals surface area contributed by atoms with Crippen molar-refractivity contribution in [1.29, 1.82) is 0 Å². The molecule has 0 radical (unpaired) electrons. The molecule has 0 unspecified atom stereocenters. The largest absolute Gasteiger partial charge is 0.393 e. The number of nitrogens with one attached hydrogen (secondary N) is 2. The van der Waals surface area contributed by atoms with Gasteiger partial charge in [0.05, 0.1) is 0 Å². The Bertz CT molecular complexity index is 1070. The van der Waals surface area contributed by atoms with Gasteiger partial charge in [-0.05, 0) is 42.5 Å². The second-order valence-electron chi connectivity index (χ2n) is 7.00. The summed E-state index contributed by atoms with van der Waals surface area (Å²) in [5.74, 6) is 0.281. The van der Waals surface area contributed by atoms with Crippen LogP contribution in [0.15, 0.2) is 54.9 Å². The van der Waals surface area contributed by atoms with Gasteiger partial charge in [-0.15, -0.1) is 0 Å². The number of halogens is 2. The average Bonchev–Trinajstić information content (AvgIpc) is 2.79. The third-order valence-corrected chi connectivity index (χ3v) is 5.25. The van der Waals surface area contributed by atoms with Crippen LogP contribution >= 0.6 is 11.6 Å². The van der Waals surface area contributed by atoms with Crippen LogP contribution in [0.1, 0.15) is 10.4 Å². The average molecular weight is 442 g/mol. The predicted octanol–water partition coefficient (Wildman–Crippen LogP) is 2.93. The molecule has 8 nitrogen and oxygen atoms in total. The van der Waals surface area contributed by atoms with E-state index in [-0.39, 0.29) is 11.7 Å². The van der Waals surface area contributed by atoms with Crippen LogP contribution in [0.4, 0.5) is 27.4 Å². The van der Waals surface area contributed by atoms with E-state index in [9.17, 15) is 9.18 Å². The van der Waals surface area contributed by atoms with Gasteiger partial charge in [0.15, 0.2) is 11.6 Å². The van der Waals surface area contributed by atoms with Crippen molar-refractivity contribution in [3.63, 3.8) is 0 Å². The van der Waals surface area contributed by atoms with Crippen LogP contribution in [0.25, 0.3) is 0 Å². The summed E-state index contributed by atoms with van der Waals surface area (Å²) >= 11 is 5.93. The highest BCUT2D eigenvalue weighted by Gasteiger charge is 2.22. The van der Waals surface area contributed by atoms with Crippen molar-refractivity contribution in [2.75, 3.05) is 47.1 Å². The number of hydrogen-bond acceptors (Lipinski definition) is 7. The molecule has 0 bridgehead atoms. The van der Waals surface area contributed by atoms with E-state index in [2.05, 4.69) is 30.6 Å². The Labute approximate surface area is 183 Å². The van der Waals surface area contributed by atoms with Crippen molar-refractivity contribution < 1.29 is 9.18 Å². The first kappa shape index (κ1) is 20.7. The third-order valence-electron chi connectivity index (χ3n) is 5.02. The Hall–Kier alpha value is -3.59.